The van der Waals surface area contributed by atoms with Gasteiger partial charge in [-0.15, -0.1) is 0 Å². The molecule has 2 aliphatic rings. The largest absolute Gasteiger partial charge is 0.492 e. The van der Waals surface area contributed by atoms with Gasteiger partial charge in [-0.3, -0.25) is 15.1 Å². The van der Waals surface area contributed by atoms with Crippen LogP contribution in [0.3, 0.4) is 0 Å². The molecule has 1 saturated heterocycles. The Morgan fingerprint density at radius 2 is 1.90 bits per heavy atom. The Balaban J connectivity index is 1.42. The van der Waals surface area contributed by atoms with Crippen molar-refractivity contribution in [3.63, 3.8) is 0 Å². The van der Waals surface area contributed by atoms with E-state index >= 15 is 0 Å². The molecule has 1 aliphatic heterocycles. The Bertz CT molecular complexity index is 477. The van der Waals surface area contributed by atoms with Crippen molar-refractivity contribution in [1.29, 1.82) is 0 Å². The maximum atomic E-state index is 11.3. The number of benzene rings is 1. The molecule has 1 aromatic carbocycles. The number of amides is 1. The van der Waals surface area contributed by atoms with E-state index in [4.69, 9.17) is 10.6 Å². The fourth-order valence-electron chi connectivity index (χ4n) is 3.59. The summed E-state index contributed by atoms with van der Waals surface area (Å²) in [5, 5.41) is 0. The van der Waals surface area contributed by atoms with Crippen molar-refractivity contribution in [2.75, 3.05) is 26.2 Å². The van der Waals surface area contributed by atoms with Crippen molar-refractivity contribution in [1.82, 2.24) is 10.3 Å². The van der Waals surface area contributed by atoms with Crippen LogP contribution in [0.5, 0.6) is 5.75 Å². The summed E-state index contributed by atoms with van der Waals surface area (Å²) in [4.78, 5) is 13.8. The number of hydrogen-bond donors (Lipinski definition) is 2. The van der Waals surface area contributed by atoms with E-state index in [-0.39, 0.29) is 5.91 Å². The van der Waals surface area contributed by atoms with Crippen LogP contribution in [-0.2, 0) is 0 Å². The Kier molecular flexibility index (Phi) is 4.41. The molecule has 0 radical (unpaired) electrons. The average molecular weight is 289 g/mol. The summed E-state index contributed by atoms with van der Waals surface area (Å²) < 4.78 is 5.75. The molecular weight excluding hydrogens is 266 g/mol. The van der Waals surface area contributed by atoms with E-state index in [0.717, 1.165) is 24.1 Å². The first-order valence-corrected chi connectivity index (χ1v) is 7.72. The quantitative estimate of drug-likeness (QED) is 0.488. The number of fused-ring (bicyclic) bond motifs is 1. The molecule has 0 spiro atoms. The Morgan fingerprint density at radius 3 is 2.52 bits per heavy atom. The molecule has 1 saturated carbocycles. The molecule has 0 bridgehead atoms. The predicted octanol–water partition coefficient (Wildman–Crippen LogP) is 1.40. The highest BCUT2D eigenvalue weighted by molar-refractivity contribution is 5.93. The maximum Gasteiger partial charge on any atom is 0.265 e. The van der Waals surface area contributed by atoms with Gasteiger partial charge in [-0.25, -0.2) is 5.84 Å². The molecule has 1 heterocycles. The highest BCUT2D eigenvalue weighted by atomic mass is 16.5. The zero-order valence-corrected chi connectivity index (χ0v) is 12.3. The van der Waals surface area contributed by atoms with Crippen molar-refractivity contribution in [3.05, 3.63) is 29.8 Å². The third kappa shape index (κ3) is 3.36. The molecule has 1 aliphatic carbocycles. The van der Waals surface area contributed by atoms with Crippen LogP contribution in [0.15, 0.2) is 24.3 Å². The molecular formula is C16H23N3O2. The van der Waals surface area contributed by atoms with Gasteiger partial charge in [0.05, 0.1) is 0 Å². The molecule has 2 fully saturated rings. The van der Waals surface area contributed by atoms with E-state index in [0.29, 0.717) is 12.2 Å². The van der Waals surface area contributed by atoms with Crippen molar-refractivity contribution in [2.24, 2.45) is 17.7 Å². The third-order valence-corrected chi connectivity index (χ3v) is 4.73. The molecule has 21 heavy (non-hydrogen) atoms. The zero-order chi connectivity index (χ0) is 14.7. The van der Waals surface area contributed by atoms with Crippen LogP contribution in [-0.4, -0.2) is 37.0 Å². The molecule has 1 aromatic rings. The minimum Gasteiger partial charge on any atom is -0.492 e. The molecule has 2 atom stereocenters. The first-order chi connectivity index (χ1) is 10.3. The van der Waals surface area contributed by atoms with E-state index in [2.05, 4.69) is 10.3 Å². The second-order valence-corrected chi connectivity index (χ2v) is 6.06. The monoisotopic (exact) mass is 289 g/mol. The lowest BCUT2D eigenvalue weighted by atomic mass is 10.0. The fourth-order valence-corrected chi connectivity index (χ4v) is 3.59. The molecule has 1 amide bonds. The summed E-state index contributed by atoms with van der Waals surface area (Å²) in [6.07, 6.45) is 4.24. The number of hydrogen-bond acceptors (Lipinski definition) is 4. The second-order valence-electron chi connectivity index (χ2n) is 6.06. The van der Waals surface area contributed by atoms with E-state index < -0.39 is 0 Å². The Morgan fingerprint density at radius 1 is 1.24 bits per heavy atom. The lowest BCUT2D eigenvalue weighted by molar-refractivity contribution is 0.0953. The van der Waals surface area contributed by atoms with Gasteiger partial charge in [-0.2, -0.15) is 0 Å². The van der Waals surface area contributed by atoms with Crippen LogP contribution in [0.4, 0.5) is 0 Å². The summed E-state index contributed by atoms with van der Waals surface area (Å²) in [5.41, 5.74) is 2.65. The predicted molar refractivity (Wildman–Crippen MR) is 80.9 cm³/mol. The van der Waals surface area contributed by atoms with Crippen molar-refractivity contribution < 1.29 is 9.53 Å². The van der Waals surface area contributed by atoms with Crippen LogP contribution in [0, 0.1) is 11.8 Å². The number of rotatable bonds is 5. The first-order valence-electron chi connectivity index (χ1n) is 7.72. The Labute approximate surface area is 125 Å². The molecule has 0 aromatic heterocycles. The molecule has 5 heteroatoms. The SMILES string of the molecule is NNC(=O)c1ccc(OCCN2CC3CCCC3C2)cc1. The standard InChI is InChI=1S/C16H23N3O2/c17-18-16(20)12-4-6-15(7-5-12)21-9-8-19-10-13-2-1-3-14(13)11-19/h4-7,13-14H,1-3,8-11,17H2,(H,18,20). The van der Waals surface area contributed by atoms with Crippen LogP contribution >= 0.6 is 0 Å². The van der Waals surface area contributed by atoms with E-state index in [1.54, 1.807) is 12.1 Å². The Hall–Kier alpha value is -1.59. The highest BCUT2D eigenvalue weighted by Crippen LogP contribution is 2.37. The maximum absolute atomic E-state index is 11.3. The van der Waals surface area contributed by atoms with Crippen LogP contribution in [0.2, 0.25) is 0 Å². The third-order valence-electron chi connectivity index (χ3n) is 4.73. The normalized spacial score (nSPS) is 24.8. The van der Waals surface area contributed by atoms with E-state index in [1.807, 2.05) is 12.1 Å². The number of nitrogens with one attached hydrogen (secondary N) is 1. The lowest BCUT2D eigenvalue weighted by Crippen LogP contribution is -2.29. The molecule has 3 N–H and O–H groups in total. The topological polar surface area (TPSA) is 67.6 Å². The zero-order valence-electron chi connectivity index (χ0n) is 12.3. The van der Waals surface area contributed by atoms with Gasteiger partial charge in [0.15, 0.2) is 0 Å². The second kappa shape index (κ2) is 6.45. The summed E-state index contributed by atoms with van der Waals surface area (Å²) in [7, 11) is 0. The number of ether oxygens (including phenoxy) is 1. The van der Waals surface area contributed by atoms with Gasteiger partial charge in [0, 0.05) is 25.2 Å². The number of nitrogen functional groups attached to an aromatic ring is 1. The van der Waals surface area contributed by atoms with Gasteiger partial charge in [-0.05, 0) is 48.9 Å². The number of nitrogens with zero attached hydrogens (tertiary/aromatic N) is 1. The lowest BCUT2D eigenvalue weighted by Gasteiger charge is -2.17. The molecule has 2 unspecified atom stereocenters. The van der Waals surface area contributed by atoms with Crippen molar-refractivity contribution >= 4 is 5.91 Å². The van der Waals surface area contributed by atoms with Gasteiger partial charge in [-0.1, -0.05) is 6.42 Å². The van der Waals surface area contributed by atoms with E-state index in [1.165, 1.54) is 32.4 Å². The number of carbonyl (C=O) groups excluding carboxylic acids is 1. The molecule has 3 rings (SSSR count). The fraction of sp³-hybridized carbons (Fsp3) is 0.562. The van der Waals surface area contributed by atoms with Gasteiger partial charge >= 0.3 is 0 Å². The van der Waals surface area contributed by atoms with Crippen LogP contribution in [0.1, 0.15) is 29.6 Å². The van der Waals surface area contributed by atoms with Crippen LogP contribution < -0.4 is 16.0 Å². The smallest absolute Gasteiger partial charge is 0.265 e. The summed E-state index contributed by atoms with van der Waals surface area (Å²) >= 11 is 0. The molecule has 114 valence electrons. The van der Waals surface area contributed by atoms with Crippen molar-refractivity contribution in [3.8, 4) is 5.75 Å². The van der Waals surface area contributed by atoms with Gasteiger partial charge in [0.2, 0.25) is 0 Å². The summed E-state index contributed by atoms with van der Waals surface area (Å²) in [6, 6.07) is 7.06. The summed E-state index contributed by atoms with van der Waals surface area (Å²) in [5.74, 6) is 7.46. The molecule has 5 nitrogen and oxygen atoms in total. The highest BCUT2D eigenvalue weighted by Gasteiger charge is 2.35. The number of nitrogens with two attached hydrogens (primary N) is 1. The number of likely N-dealkylation sites (tertiary alicyclic amines) is 1. The average Bonchev–Trinajstić information content (AvgIpc) is 3.08. The van der Waals surface area contributed by atoms with Gasteiger partial charge in [0.25, 0.3) is 5.91 Å². The van der Waals surface area contributed by atoms with E-state index in [9.17, 15) is 4.79 Å². The minimum atomic E-state index is -0.287. The first kappa shape index (κ1) is 14.4. The summed E-state index contributed by atoms with van der Waals surface area (Å²) in [6.45, 7) is 4.16. The number of carbonyl (C=O) groups is 1. The van der Waals surface area contributed by atoms with Crippen LogP contribution in [0.25, 0.3) is 0 Å². The number of hydrazine groups is 1. The van der Waals surface area contributed by atoms with Crippen molar-refractivity contribution in [2.45, 2.75) is 19.3 Å². The van der Waals surface area contributed by atoms with Gasteiger partial charge < -0.3 is 4.74 Å². The van der Waals surface area contributed by atoms with Gasteiger partial charge in [0.1, 0.15) is 12.4 Å². The minimum absolute atomic E-state index is 0.287.